The molecule has 3 nitrogen and oxygen atoms in total. The highest BCUT2D eigenvalue weighted by atomic mass is 35.5. The summed E-state index contributed by atoms with van der Waals surface area (Å²) < 4.78 is 13.4. The Morgan fingerprint density at radius 2 is 2.33 bits per heavy atom. The Labute approximate surface area is 95.8 Å². The van der Waals surface area contributed by atoms with Crippen molar-refractivity contribution in [1.29, 1.82) is 0 Å². The van der Waals surface area contributed by atoms with E-state index in [-0.39, 0.29) is 35.1 Å². The van der Waals surface area contributed by atoms with Crippen LogP contribution in [0.1, 0.15) is 6.42 Å². The van der Waals surface area contributed by atoms with Gasteiger partial charge in [-0.2, -0.15) is 0 Å². The standard InChI is InChI=1S/C9H7Cl2FN2O/c10-5-1-7(12)9(13-3-5)14-4-6(11)2-8(14)15/h1,3,6H,2,4H2. The Bertz CT molecular complexity index is 413. The van der Waals surface area contributed by atoms with Gasteiger partial charge in [0.25, 0.3) is 0 Å². The van der Waals surface area contributed by atoms with E-state index in [1.807, 2.05) is 0 Å². The minimum absolute atomic E-state index is 0.00690. The fourth-order valence-electron chi connectivity index (χ4n) is 1.47. The zero-order valence-corrected chi connectivity index (χ0v) is 9.09. The van der Waals surface area contributed by atoms with Crippen LogP contribution >= 0.6 is 23.2 Å². The molecule has 0 aliphatic carbocycles. The van der Waals surface area contributed by atoms with E-state index in [4.69, 9.17) is 23.2 Å². The Kier molecular flexibility index (Phi) is 2.80. The highest BCUT2D eigenvalue weighted by Crippen LogP contribution is 2.25. The Balaban J connectivity index is 2.34. The highest BCUT2D eigenvalue weighted by molar-refractivity contribution is 6.30. The maximum Gasteiger partial charge on any atom is 0.229 e. The third-order valence-electron chi connectivity index (χ3n) is 2.12. The molecule has 2 heterocycles. The molecule has 15 heavy (non-hydrogen) atoms. The largest absolute Gasteiger partial charge is 0.293 e. The van der Waals surface area contributed by atoms with Gasteiger partial charge in [0.2, 0.25) is 5.91 Å². The normalized spacial score (nSPS) is 21.1. The second-order valence-corrected chi connectivity index (χ2v) is 4.32. The number of carbonyl (C=O) groups excluding carboxylic acids is 1. The van der Waals surface area contributed by atoms with E-state index >= 15 is 0 Å². The predicted octanol–water partition coefficient (Wildman–Crippen LogP) is 2.22. The zero-order valence-electron chi connectivity index (χ0n) is 7.58. The van der Waals surface area contributed by atoms with Gasteiger partial charge in [0.15, 0.2) is 11.6 Å². The number of pyridine rings is 1. The van der Waals surface area contributed by atoms with Crippen LogP contribution < -0.4 is 4.90 Å². The number of hydrogen-bond acceptors (Lipinski definition) is 2. The van der Waals surface area contributed by atoms with Crippen molar-refractivity contribution in [3.63, 3.8) is 0 Å². The molecule has 1 atom stereocenters. The van der Waals surface area contributed by atoms with Gasteiger partial charge in [-0.15, -0.1) is 11.6 Å². The summed E-state index contributed by atoms with van der Waals surface area (Å²) in [4.78, 5) is 16.4. The first kappa shape index (κ1) is 10.6. The number of anilines is 1. The monoisotopic (exact) mass is 248 g/mol. The SMILES string of the molecule is O=C1CC(Cl)CN1c1ncc(Cl)cc1F. The first-order valence-electron chi connectivity index (χ1n) is 4.33. The van der Waals surface area contributed by atoms with Crippen molar-refractivity contribution >= 4 is 34.9 Å². The van der Waals surface area contributed by atoms with Gasteiger partial charge in [-0.05, 0) is 6.07 Å². The smallest absolute Gasteiger partial charge is 0.229 e. The highest BCUT2D eigenvalue weighted by Gasteiger charge is 2.31. The van der Waals surface area contributed by atoms with Crippen LogP contribution in [0.4, 0.5) is 10.2 Å². The molecule has 1 aliphatic heterocycles. The van der Waals surface area contributed by atoms with Gasteiger partial charge >= 0.3 is 0 Å². The topological polar surface area (TPSA) is 33.2 Å². The average molecular weight is 249 g/mol. The summed E-state index contributed by atoms with van der Waals surface area (Å²) in [5.74, 6) is -0.835. The fraction of sp³-hybridized carbons (Fsp3) is 0.333. The molecule has 1 amide bonds. The van der Waals surface area contributed by atoms with Crippen molar-refractivity contribution in [2.24, 2.45) is 0 Å². The number of halogens is 3. The molecular weight excluding hydrogens is 242 g/mol. The Morgan fingerprint density at radius 1 is 1.60 bits per heavy atom. The summed E-state index contributed by atoms with van der Waals surface area (Å²) in [6.07, 6.45) is 1.51. The molecule has 0 N–H and O–H groups in total. The van der Waals surface area contributed by atoms with Crippen LogP contribution in [0, 0.1) is 5.82 Å². The molecule has 0 aromatic carbocycles. The maximum absolute atomic E-state index is 13.4. The van der Waals surface area contributed by atoms with E-state index in [0.717, 1.165) is 6.07 Å². The second-order valence-electron chi connectivity index (χ2n) is 3.26. The van der Waals surface area contributed by atoms with Gasteiger partial charge < -0.3 is 0 Å². The molecule has 1 aliphatic rings. The number of rotatable bonds is 1. The van der Waals surface area contributed by atoms with Crippen molar-refractivity contribution < 1.29 is 9.18 Å². The summed E-state index contributed by atoms with van der Waals surface area (Å²) in [5.41, 5.74) is 0. The Hall–Kier alpha value is -0.870. The van der Waals surface area contributed by atoms with Crippen LogP contribution in [-0.2, 0) is 4.79 Å². The first-order valence-corrected chi connectivity index (χ1v) is 5.15. The van der Waals surface area contributed by atoms with Gasteiger partial charge in [-0.25, -0.2) is 9.37 Å². The molecule has 0 saturated carbocycles. The van der Waals surface area contributed by atoms with Crippen LogP contribution in [0.25, 0.3) is 0 Å². The summed E-state index contributed by atoms with van der Waals surface area (Å²) in [6, 6.07) is 1.12. The number of nitrogens with zero attached hydrogens (tertiary/aromatic N) is 2. The van der Waals surface area contributed by atoms with Gasteiger partial charge in [0.1, 0.15) is 0 Å². The van der Waals surface area contributed by atoms with Crippen molar-refractivity contribution in [3.8, 4) is 0 Å². The van der Waals surface area contributed by atoms with Crippen molar-refractivity contribution in [2.75, 3.05) is 11.4 Å². The fourth-order valence-corrected chi connectivity index (χ4v) is 1.89. The predicted molar refractivity (Wildman–Crippen MR) is 55.8 cm³/mol. The van der Waals surface area contributed by atoms with Crippen LogP contribution in [-0.4, -0.2) is 22.8 Å². The number of alkyl halides is 1. The molecule has 6 heteroatoms. The molecule has 1 aromatic heterocycles. The van der Waals surface area contributed by atoms with Crippen molar-refractivity contribution in [1.82, 2.24) is 4.98 Å². The molecule has 1 unspecified atom stereocenters. The molecule has 1 aromatic rings. The lowest BCUT2D eigenvalue weighted by Crippen LogP contribution is -2.26. The minimum atomic E-state index is -0.610. The van der Waals surface area contributed by atoms with Crippen LogP contribution in [0.3, 0.4) is 0 Å². The summed E-state index contributed by atoms with van der Waals surface area (Å²) in [6.45, 7) is 0.284. The number of hydrogen-bond donors (Lipinski definition) is 0. The van der Waals surface area contributed by atoms with Crippen LogP contribution in [0.5, 0.6) is 0 Å². The molecule has 1 fully saturated rings. The van der Waals surface area contributed by atoms with E-state index < -0.39 is 5.82 Å². The molecule has 2 rings (SSSR count). The lowest BCUT2D eigenvalue weighted by atomic mass is 10.4. The summed E-state index contributed by atoms with van der Waals surface area (Å²) in [5, 5.41) is -0.0836. The first-order chi connectivity index (χ1) is 7.08. The number of amides is 1. The Morgan fingerprint density at radius 3 is 2.87 bits per heavy atom. The van der Waals surface area contributed by atoms with E-state index in [9.17, 15) is 9.18 Å². The van der Waals surface area contributed by atoms with Crippen molar-refractivity contribution in [3.05, 3.63) is 23.1 Å². The molecular formula is C9H7Cl2FN2O. The molecule has 0 spiro atoms. The molecule has 0 radical (unpaired) electrons. The van der Waals surface area contributed by atoms with E-state index in [2.05, 4.69) is 4.98 Å². The van der Waals surface area contributed by atoms with E-state index in [1.165, 1.54) is 11.1 Å². The van der Waals surface area contributed by atoms with Gasteiger partial charge in [-0.3, -0.25) is 9.69 Å². The van der Waals surface area contributed by atoms with E-state index in [1.54, 1.807) is 0 Å². The van der Waals surface area contributed by atoms with Gasteiger partial charge in [0.05, 0.1) is 10.4 Å². The lowest BCUT2D eigenvalue weighted by molar-refractivity contribution is -0.117. The van der Waals surface area contributed by atoms with Crippen LogP contribution in [0.2, 0.25) is 5.02 Å². The van der Waals surface area contributed by atoms with Crippen LogP contribution in [0.15, 0.2) is 12.3 Å². The third-order valence-corrected chi connectivity index (χ3v) is 2.62. The maximum atomic E-state index is 13.4. The van der Waals surface area contributed by atoms with Gasteiger partial charge in [-0.1, -0.05) is 11.6 Å². The van der Waals surface area contributed by atoms with E-state index in [0.29, 0.717) is 0 Å². The zero-order chi connectivity index (χ0) is 11.0. The summed E-state index contributed by atoms with van der Waals surface area (Å²) >= 11 is 11.4. The second kappa shape index (κ2) is 3.94. The summed E-state index contributed by atoms with van der Waals surface area (Å²) in [7, 11) is 0. The van der Waals surface area contributed by atoms with Crippen molar-refractivity contribution in [2.45, 2.75) is 11.8 Å². The minimum Gasteiger partial charge on any atom is -0.293 e. The molecule has 80 valence electrons. The number of carbonyl (C=O) groups is 1. The number of aromatic nitrogens is 1. The lowest BCUT2D eigenvalue weighted by Gasteiger charge is -2.14. The quantitative estimate of drug-likeness (QED) is 0.715. The molecule has 1 saturated heterocycles. The third kappa shape index (κ3) is 2.06. The average Bonchev–Trinajstić information content (AvgIpc) is 2.45. The molecule has 0 bridgehead atoms. The van der Waals surface area contributed by atoms with Gasteiger partial charge in [0, 0.05) is 19.2 Å².